The van der Waals surface area contributed by atoms with Crippen molar-refractivity contribution in [1.29, 1.82) is 0 Å². The molecule has 18 heavy (non-hydrogen) atoms. The zero-order valence-corrected chi connectivity index (χ0v) is 13.9. The number of allylic oxidation sites excluding steroid dienone is 1. The Hall–Kier alpha value is -0.560. The molecule has 0 saturated carbocycles. The summed E-state index contributed by atoms with van der Waals surface area (Å²) in [6.45, 7) is 0. The van der Waals surface area contributed by atoms with Crippen LogP contribution >= 0.6 is 38.5 Å². The SMILES string of the molecule is COc1ccc(C2=CCC(I)C(=O)N2C)c(Br)c1. The van der Waals surface area contributed by atoms with Crippen molar-refractivity contribution in [3.8, 4) is 5.75 Å². The van der Waals surface area contributed by atoms with Gasteiger partial charge in [0.1, 0.15) is 5.75 Å². The van der Waals surface area contributed by atoms with E-state index in [1.165, 1.54) is 0 Å². The van der Waals surface area contributed by atoms with Crippen LogP contribution in [0.25, 0.3) is 5.70 Å². The standard InChI is InChI=1S/C13H13BrINO2/c1-16-12(6-5-11(15)13(16)17)9-4-3-8(18-2)7-10(9)14/h3-4,6-7,11H,5H2,1-2H3. The molecule has 96 valence electrons. The van der Waals surface area contributed by atoms with Crippen molar-refractivity contribution in [2.75, 3.05) is 14.2 Å². The number of carbonyl (C=O) groups is 1. The van der Waals surface area contributed by atoms with Gasteiger partial charge in [0.05, 0.1) is 11.0 Å². The van der Waals surface area contributed by atoms with Crippen LogP contribution < -0.4 is 4.74 Å². The van der Waals surface area contributed by atoms with Crippen LogP contribution in [0, 0.1) is 0 Å². The molecule has 0 aromatic heterocycles. The highest BCUT2D eigenvalue weighted by Gasteiger charge is 2.27. The van der Waals surface area contributed by atoms with Gasteiger partial charge in [0.2, 0.25) is 5.91 Å². The van der Waals surface area contributed by atoms with Crippen LogP contribution in [-0.4, -0.2) is 28.9 Å². The van der Waals surface area contributed by atoms with Crippen molar-refractivity contribution >= 4 is 50.1 Å². The predicted octanol–water partition coefficient (Wildman–Crippen LogP) is 3.46. The van der Waals surface area contributed by atoms with E-state index in [0.717, 1.165) is 27.9 Å². The number of benzene rings is 1. The van der Waals surface area contributed by atoms with Crippen LogP contribution in [0.1, 0.15) is 12.0 Å². The van der Waals surface area contributed by atoms with Gasteiger partial charge in [-0.3, -0.25) is 4.79 Å². The van der Waals surface area contributed by atoms with Crippen LogP contribution in [0.4, 0.5) is 0 Å². The second kappa shape index (κ2) is 5.61. The van der Waals surface area contributed by atoms with E-state index in [0.29, 0.717) is 0 Å². The van der Waals surface area contributed by atoms with Crippen molar-refractivity contribution in [3.05, 3.63) is 34.3 Å². The van der Waals surface area contributed by atoms with Crippen molar-refractivity contribution in [2.24, 2.45) is 0 Å². The number of alkyl halides is 1. The third kappa shape index (κ3) is 2.56. The molecule has 1 unspecified atom stereocenters. The molecule has 3 nitrogen and oxygen atoms in total. The van der Waals surface area contributed by atoms with Crippen LogP contribution in [0.5, 0.6) is 5.75 Å². The van der Waals surface area contributed by atoms with Gasteiger partial charge >= 0.3 is 0 Å². The number of amides is 1. The zero-order chi connectivity index (χ0) is 13.3. The van der Waals surface area contributed by atoms with E-state index in [1.54, 1.807) is 12.0 Å². The van der Waals surface area contributed by atoms with Crippen molar-refractivity contribution in [2.45, 2.75) is 10.3 Å². The Morgan fingerprint density at radius 2 is 2.22 bits per heavy atom. The van der Waals surface area contributed by atoms with Gasteiger partial charge in [-0.15, -0.1) is 0 Å². The number of rotatable bonds is 2. The summed E-state index contributed by atoms with van der Waals surface area (Å²) in [7, 11) is 3.45. The zero-order valence-electron chi connectivity index (χ0n) is 10.1. The lowest BCUT2D eigenvalue weighted by Crippen LogP contribution is -2.35. The van der Waals surface area contributed by atoms with Crippen LogP contribution in [0.15, 0.2) is 28.7 Å². The monoisotopic (exact) mass is 421 g/mol. The lowest BCUT2D eigenvalue weighted by atomic mass is 10.0. The van der Waals surface area contributed by atoms with E-state index < -0.39 is 0 Å². The Kier molecular flexibility index (Phi) is 4.32. The Balaban J connectivity index is 2.40. The first kappa shape index (κ1) is 13.9. The molecular weight excluding hydrogens is 409 g/mol. The molecule has 1 aliphatic heterocycles. The van der Waals surface area contributed by atoms with Crippen molar-refractivity contribution < 1.29 is 9.53 Å². The van der Waals surface area contributed by atoms with Gasteiger partial charge in [0.25, 0.3) is 0 Å². The highest BCUT2D eigenvalue weighted by Crippen LogP contribution is 2.33. The van der Waals surface area contributed by atoms with E-state index >= 15 is 0 Å². The van der Waals surface area contributed by atoms with E-state index in [2.05, 4.69) is 44.6 Å². The highest BCUT2D eigenvalue weighted by molar-refractivity contribution is 14.1. The Labute approximate surface area is 128 Å². The van der Waals surface area contributed by atoms with Gasteiger partial charge < -0.3 is 9.64 Å². The second-order valence-corrected chi connectivity index (χ2v) is 6.39. The normalized spacial score (nSPS) is 19.8. The van der Waals surface area contributed by atoms with Crippen LogP contribution in [0.2, 0.25) is 0 Å². The minimum Gasteiger partial charge on any atom is -0.497 e. The summed E-state index contributed by atoms with van der Waals surface area (Å²) in [6.07, 6.45) is 2.88. The lowest BCUT2D eigenvalue weighted by Gasteiger charge is -2.28. The molecule has 1 aromatic rings. The van der Waals surface area contributed by atoms with Crippen molar-refractivity contribution in [1.82, 2.24) is 4.90 Å². The van der Waals surface area contributed by atoms with Gasteiger partial charge in [-0.05, 0) is 40.5 Å². The number of nitrogens with zero attached hydrogens (tertiary/aromatic N) is 1. The summed E-state index contributed by atoms with van der Waals surface area (Å²) < 4.78 is 6.14. The fourth-order valence-electron chi connectivity index (χ4n) is 1.90. The smallest absolute Gasteiger partial charge is 0.240 e. The average Bonchev–Trinajstić information content (AvgIpc) is 2.37. The summed E-state index contributed by atoms with van der Waals surface area (Å²) >= 11 is 5.71. The van der Waals surface area contributed by atoms with Gasteiger partial charge in [-0.2, -0.15) is 0 Å². The number of methoxy groups -OCH3 is 1. The van der Waals surface area contributed by atoms with E-state index in [4.69, 9.17) is 4.74 Å². The first-order valence-corrected chi connectivity index (χ1v) is 7.54. The van der Waals surface area contributed by atoms with Crippen LogP contribution in [0.3, 0.4) is 0 Å². The highest BCUT2D eigenvalue weighted by atomic mass is 127. The molecule has 1 amide bonds. The summed E-state index contributed by atoms with van der Waals surface area (Å²) in [5, 5.41) is 0. The third-order valence-corrected chi connectivity index (χ3v) is 4.63. The molecule has 0 spiro atoms. The average molecular weight is 422 g/mol. The first-order chi connectivity index (χ1) is 8.54. The maximum absolute atomic E-state index is 12.0. The van der Waals surface area contributed by atoms with Gasteiger partial charge in [-0.1, -0.05) is 28.7 Å². The molecule has 0 aliphatic carbocycles. The van der Waals surface area contributed by atoms with Crippen molar-refractivity contribution in [3.63, 3.8) is 0 Å². The minimum absolute atomic E-state index is 0.0355. The molecule has 1 heterocycles. The number of carbonyl (C=O) groups excluding carboxylic acids is 1. The van der Waals surface area contributed by atoms with E-state index in [1.807, 2.05) is 25.2 Å². The lowest BCUT2D eigenvalue weighted by molar-refractivity contribution is -0.126. The Morgan fingerprint density at radius 1 is 1.50 bits per heavy atom. The quantitative estimate of drug-likeness (QED) is 0.540. The third-order valence-electron chi connectivity index (χ3n) is 2.93. The first-order valence-electron chi connectivity index (χ1n) is 5.50. The molecule has 0 radical (unpaired) electrons. The number of hydrogen-bond donors (Lipinski definition) is 0. The van der Waals surface area contributed by atoms with E-state index in [9.17, 15) is 4.79 Å². The molecule has 2 rings (SSSR count). The number of ether oxygens (including phenoxy) is 1. The number of hydrogen-bond acceptors (Lipinski definition) is 2. The molecule has 0 fully saturated rings. The molecule has 0 saturated heterocycles. The predicted molar refractivity (Wildman–Crippen MR) is 83.9 cm³/mol. The summed E-state index contributed by atoms with van der Waals surface area (Å²) in [4.78, 5) is 13.7. The van der Waals surface area contributed by atoms with E-state index in [-0.39, 0.29) is 9.83 Å². The summed E-state index contributed by atoms with van der Waals surface area (Å²) in [5.41, 5.74) is 1.96. The largest absolute Gasteiger partial charge is 0.497 e. The van der Waals surface area contributed by atoms with Gasteiger partial charge in [-0.25, -0.2) is 0 Å². The topological polar surface area (TPSA) is 29.5 Å². The fourth-order valence-corrected chi connectivity index (χ4v) is 3.14. The van der Waals surface area contributed by atoms with Crippen LogP contribution in [-0.2, 0) is 4.79 Å². The molecule has 1 aromatic carbocycles. The minimum atomic E-state index is 0.0355. The maximum atomic E-state index is 12.0. The van der Waals surface area contributed by atoms with Gasteiger partial charge in [0.15, 0.2) is 0 Å². The molecule has 1 atom stereocenters. The molecule has 5 heteroatoms. The van der Waals surface area contributed by atoms with Gasteiger partial charge in [0, 0.05) is 22.8 Å². The molecule has 0 N–H and O–H groups in total. The maximum Gasteiger partial charge on any atom is 0.240 e. The Bertz CT molecular complexity index is 516. The Morgan fingerprint density at radius 3 is 2.83 bits per heavy atom. The molecule has 1 aliphatic rings. The summed E-state index contributed by atoms with van der Waals surface area (Å²) in [5.74, 6) is 0.943. The molecule has 0 bridgehead atoms. The second-order valence-electron chi connectivity index (χ2n) is 4.04. The summed E-state index contributed by atoms with van der Waals surface area (Å²) in [6, 6.07) is 5.77. The molecular formula is C13H13BrINO2. The number of halogens is 2. The fraction of sp³-hybridized carbons (Fsp3) is 0.308.